The van der Waals surface area contributed by atoms with E-state index in [1.165, 1.54) is 0 Å². The van der Waals surface area contributed by atoms with Crippen LogP contribution >= 0.6 is 0 Å². The van der Waals surface area contributed by atoms with Crippen LogP contribution in [0.2, 0.25) is 0 Å². The Labute approximate surface area is 99.9 Å². The molecule has 0 radical (unpaired) electrons. The van der Waals surface area contributed by atoms with Crippen LogP contribution in [0, 0.1) is 0 Å². The number of rotatable bonds is 2. The number of amidine groups is 1. The first-order valence-corrected chi connectivity index (χ1v) is 5.15. The van der Waals surface area contributed by atoms with Gasteiger partial charge in [0.05, 0.1) is 5.56 Å². The fraction of sp³-hybridized carbons (Fsp3) is 0.333. The van der Waals surface area contributed by atoms with Gasteiger partial charge in [-0.2, -0.15) is 0 Å². The fourth-order valence-corrected chi connectivity index (χ4v) is 1.17. The van der Waals surface area contributed by atoms with E-state index in [-0.39, 0.29) is 5.84 Å². The molecular weight excluding hydrogens is 220 g/mol. The molecule has 0 aromatic heterocycles. The van der Waals surface area contributed by atoms with E-state index < -0.39 is 11.6 Å². The molecule has 0 atom stereocenters. The number of nitrogens with zero attached hydrogens (tertiary/aromatic N) is 1. The first-order valence-electron chi connectivity index (χ1n) is 5.15. The number of nitrogens with two attached hydrogens (primary N) is 1. The van der Waals surface area contributed by atoms with Crippen molar-refractivity contribution in [3.63, 3.8) is 0 Å². The van der Waals surface area contributed by atoms with Gasteiger partial charge in [0.15, 0.2) is 5.84 Å². The predicted molar refractivity (Wildman–Crippen MR) is 64.1 cm³/mol. The van der Waals surface area contributed by atoms with Crippen LogP contribution in [0.4, 0.5) is 0 Å². The molecule has 0 amide bonds. The van der Waals surface area contributed by atoms with Crippen LogP contribution in [0.25, 0.3) is 0 Å². The number of esters is 1. The second kappa shape index (κ2) is 4.86. The van der Waals surface area contributed by atoms with Gasteiger partial charge in [0.1, 0.15) is 5.60 Å². The number of oxime groups is 1. The van der Waals surface area contributed by atoms with E-state index in [2.05, 4.69) is 5.16 Å². The molecule has 0 aliphatic carbocycles. The van der Waals surface area contributed by atoms with E-state index in [0.29, 0.717) is 11.1 Å². The molecule has 0 saturated heterocycles. The molecule has 0 bridgehead atoms. The average Bonchev–Trinajstić information content (AvgIpc) is 2.26. The Bertz CT molecular complexity index is 430. The summed E-state index contributed by atoms with van der Waals surface area (Å²) >= 11 is 0. The number of hydrogen-bond acceptors (Lipinski definition) is 4. The molecule has 1 rings (SSSR count). The van der Waals surface area contributed by atoms with E-state index in [0.717, 1.165) is 0 Å². The number of hydrogen-bond donors (Lipinski definition) is 2. The van der Waals surface area contributed by atoms with Crippen LogP contribution in [-0.4, -0.2) is 22.6 Å². The van der Waals surface area contributed by atoms with Crippen molar-refractivity contribution in [3.8, 4) is 0 Å². The highest BCUT2D eigenvalue weighted by Gasteiger charge is 2.17. The van der Waals surface area contributed by atoms with Crippen molar-refractivity contribution in [2.75, 3.05) is 0 Å². The summed E-state index contributed by atoms with van der Waals surface area (Å²) in [6.07, 6.45) is 0. The third kappa shape index (κ3) is 3.79. The largest absolute Gasteiger partial charge is 0.456 e. The van der Waals surface area contributed by atoms with E-state index in [1.807, 2.05) is 0 Å². The molecule has 0 spiro atoms. The van der Waals surface area contributed by atoms with Gasteiger partial charge >= 0.3 is 5.97 Å². The van der Waals surface area contributed by atoms with E-state index in [1.54, 1.807) is 45.0 Å². The maximum atomic E-state index is 11.7. The molecule has 5 heteroatoms. The second-order valence-electron chi connectivity index (χ2n) is 4.56. The van der Waals surface area contributed by atoms with Gasteiger partial charge in [0.25, 0.3) is 0 Å². The van der Waals surface area contributed by atoms with Crippen LogP contribution in [0.15, 0.2) is 29.4 Å². The average molecular weight is 236 g/mol. The summed E-state index contributed by atoms with van der Waals surface area (Å²) < 4.78 is 5.20. The van der Waals surface area contributed by atoms with Crippen molar-refractivity contribution < 1.29 is 14.7 Å². The van der Waals surface area contributed by atoms with Gasteiger partial charge in [-0.25, -0.2) is 4.79 Å². The molecule has 1 aromatic carbocycles. The van der Waals surface area contributed by atoms with Crippen LogP contribution in [0.1, 0.15) is 36.7 Å². The summed E-state index contributed by atoms with van der Waals surface area (Å²) in [6, 6.07) is 6.32. The fourth-order valence-electron chi connectivity index (χ4n) is 1.17. The van der Waals surface area contributed by atoms with E-state index in [9.17, 15) is 4.79 Å². The van der Waals surface area contributed by atoms with E-state index >= 15 is 0 Å². The number of carbonyl (C=O) groups excluding carboxylic acids is 1. The molecule has 0 aliphatic rings. The molecule has 0 unspecified atom stereocenters. The third-order valence-corrected chi connectivity index (χ3v) is 1.92. The molecule has 0 heterocycles. The SMILES string of the molecule is CC(C)(C)OC(=O)c1ccc(/C(N)=N/O)cc1. The Morgan fingerprint density at radius 3 is 2.12 bits per heavy atom. The topological polar surface area (TPSA) is 84.9 Å². The van der Waals surface area contributed by atoms with Crippen LogP contribution < -0.4 is 5.73 Å². The highest BCUT2D eigenvalue weighted by molar-refractivity contribution is 5.98. The Kier molecular flexibility index (Phi) is 3.73. The van der Waals surface area contributed by atoms with Crippen LogP contribution in [-0.2, 0) is 4.74 Å². The van der Waals surface area contributed by atoms with Crippen molar-refractivity contribution in [3.05, 3.63) is 35.4 Å². The van der Waals surface area contributed by atoms with Gasteiger partial charge < -0.3 is 15.7 Å². The predicted octanol–water partition coefficient (Wildman–Crippen LogP) is 1.74. The summed E-state index contributed by atoms with van der Waals surface area (Å²) in [4.78, 5) is 11.7. The molecule has 3 N–H and O–H groups in total. The van der Waals surface area contributed by atoms with Gasteiger partial charge in [-0.1, -0.05) is 17.3 Å². The highest BCUT2D eigenvalue weighted by atomic mass is 16.6. The zero-order valence-electron chi connectivity index (χ0n) is 10.1. The smallest absolute Gasteiger partial charge is 0.338 e. The molecule has 0 saturated carbocycles. The zero-order chi connectivity index (χ0) is 13.1. The second-order valence-corrected chi connectivity index (χ2v) is 4.56. The van der Waals surface area contributed by atoms with Gasteiger partial charge in [-0.3, -0.25) is 0 Å². The summed E-state index contributed by atoms with van der Waals surface area (Å²) in [5, 5.41) is 11.4. The minimum Gasteiger partial charge on any atom is -0.456 e. The summed E-state index contributed by atoms with van der Waals surface area (Å²) in [5.74, 6) is -0.399. The summed E-state index contributed by atoms with van der Waals surface area (Å²) in [6.45, 7) is 5.40. The first-order chi connectivity index (χ1) is 7.83. The lowest BCUT2D eigenvalue weighted by molar-refractivity contribution is 0.00695. The maximum Gasteiger partial charge on any atom is 0.338 e. The quantitative estimate of drug-likeness (QED) is 0.269. The summed E-state index contributed by atoms with van der Waals surface area (Å²) in [5.41, 5.74) is 5.85. The van der Waals surface area contributed by atoms with Crippen molar-refractivity contribution in [2.24, 2.45) is 10.9 Å². The minimum absolute atomic E-state index is 0.000684. The Morgan fingerprint density at radius 1 is 1.24 bits per heavy atom. The third-order valence-electron chi connectivity index (χ3n) is 1.92. The molecule has 92 valence electrons. The number of ether oxygens (including phenoxy) is 1. The molecular formula is C12H16N2O3. The Morgan fingerprint density at radius 2 is 1.71 bits per heavy atom. The van der Waals surface area contributed by atoms with Crippen molar-refractivity contribution in [2.45, 2.75) is 26.4 Å². The van der Waals surface area contributed by atoms with Gasteiger partial charge in [0.2, 0.25) is 0 Å². The standard InChI is InChI=1S/C12H16N2O3/c1-12(2,3)17-11(15)9-6-4-8(5-7-9)10(13)14-16/h4-7,16H,1-3H3,(H2,13,14). The molecule has 17 heavy (non-hydrogen) atoms. The van der Waals surface area contributed by atoms with Gasteiger partial charge in [0, 0.05) is 5.56 Å². The summed E-state index contributed by atoms with van der Waals surface area (Å²) in [7, 11) is 0. The van der Waals surface area contributed by atoms with E-state index in [4.69, 9.17) is 15.7 Å². The molecule has 5 nitrogen and oxygen atoms in total. The normalized spacial score (nSPS) is 12.3. The van der Waals surface area contributed by atoms with Crippen molar-refractivity contribution >= 4 is 11.8 Å². The number of benzene rings is 1. The zero-order valence-corrected chi connectivity index (χ0v) is 10.1. The molecule has 1 aromatic rings. The Hall–Kier alpha value is -2.04. The maximum absolute atomic E-state index is 11.7. The minimum atomic E-state index is -0.526. The van der Waals surface area contributed by atoms with Gasteiger partial charge in [-0.05, 0) is 32.9 Å². The van der Waals surface area contributed by atoms with Crippen LogP contribution in [0.3, 0.4) is 0 Å². The van der Waals surface area contributed by atoms with Crippen molar-refractivity contribution in [1.82, 2.24) is 0 Å². The lowest BCUT2D eigenvalue weighted by atomic mass is 10.1. The van der Waals surface area contributed by atoms with Crippen LogP contribution in [0.5, 0.6) is 0 Å². The monoisotopic (exact) mass is 236 g/mol. The highest BCUT2D eigenvalue weighted by Crippen LogP contribution is 2.12. The van der Waals surface area contributed by atoms with Crippen molar-refractivity contribution in [1.29, 1.82) is 0 Å². The lowest BCUT2D eigenvalue weighted by Gasteiger charge is -2.19. The Balaban J connectivity index is 2.85. The molecule has 0 aliphatic heterocycles. The number of carbonyl (C=O) groups is 1. The van der Waals surface area contributed by atoms with Gasteiger partial charge in [-0.15, -0.1) is 0 Å². The first kappa shape index (κ1) is 13.0. The lowest BCUT2D eigenvalue weighted by Crippen LogP contribution is -2.24. The molecule has 0 fully saturated rings.